The third-order valence-electron chi connectivity index (χ3n) is 5.98. The van der Waals surface area contributed by atoms with Crippen LogP contribution in [0.3, 0.4) is 0 Å². The molecule has 0 spiro atoms. The average molecular weight is 439 g/mol. The summed E-state index contributed by atoms with van der Waals surface area (Å²) in [4.78, 5) is 29.1. The fourth-order valence-electron chi connectivity index (χ4n) is 4.11. The number of rotatable bonds is 7. The molecule has 3 heterocycles. The highest BCUT2D eigenvalue weighted by Crippen LogP contribution is 2.30. The standard InChI is InChI=1S/C24H30N4O2S/c1-3-4-12-25-22(29)19-10-13-27(14-11-19)23(30)21-15-20-17(2)26-28(24(20)31-21)16-18-8-6-5-7-9-18/h5-9,15,19H,3-4,10-14,16H2,1-2H3,(H,25,29). The lowest BCUT2D eigenvalue weighted by Crippen LogP contribution is -2.43. The first-order valence-corrected chi connectivity index (χ1v) is 12.0. The molecule has 0 unspecified atom stereocenters. The predicted molar refractivity (Wildman–Crippen MR) is 124 cm³/mol. The molecule has 2 aromatic heterocycles. The van der Waals surface area contributed by atoms with Gasteiger partial charge in [0.2, 0.25) is 5.91 Å². The highest BCUT2D eigenvalue weighted by atomic mass is 32.1. The molecule has 0 bridgehead atoms. The van der Waals surface area contributed by atoms with Crippen LogP contribution < -0.4 is 5.32 Å². The average Bonchev–Trinajstić information content (AvgIpc) is 3.35. The molecule has 0 aliphatic carbocycles. The number of fused-ring (bicyclic) bond motifs is 1. The Morgan fingerprint density at radius 2 is 1.94 bits per heavy atom. The van der Waals surface area contributed by atoms with Gasteiger partial charge < -0.3 is 10.2 Å². The number of aromatic nitrogens is 2. The normalized spacial score (nSPS) is 14.8. The smallest absolute Gasteiger partial charge is 0.264 e. The summed E-state index contributed by atoms with van der Waals surface area (Å²) in [6, 6.07) is 12.2. The van der Waals surface area contributed by atoms with Crippen molar-refractivity contribution in [1.29, 1.82) is 0 Å². The van der Waals surface area contributed by atoms with Crippen molar-refractivity contribution in [2.75, 3.05) is 19.6 Å². The molecule has 0 saturated carbocycles. The third kappa shape index (κ3) is 4.82. The van der Waals surface area contributed by atoms with Gasteiger partial charge in [0, 0.05) is 30.9 Å². The number of unbranched alkanes of at least 4 members (excludes halogenated alkanes) is 1. The van der Waals surface area contributed by atoms with Crippen LogP contribution >= 0.6 is 11.3 Å². The third-order valence-corrected chi connectivity index (χ3v) is 7.11. The lowest BCUT2D eigenvalue weighted by Gasteiger charge is -2.31. The van der Waals surface area contributed by atoms with Crippen LogP contribution in [0.25, 0.3) is 10.2 Å². The second-order valence-electron chi connectivity index (χ2n) is 8.27. The number of carbonyl (C=O) groups is 2. The van der Waals surface area contributed by atoms with E-state index in [1.165, 1.54) is 16.9 Å². The van der Waals surface area contributed by atoms with Gasteiger partial charge in [-0.3, -0.25) is 14.3 Å². The lowest BCUT2D eigenvalue weighted by molar-refractivity contribution is -0.126. The van der Waals surface area contributed by atoms with E-state index in [2.05, 4.69) is 29.5 Å². The van der Waals surface area contributed by atoms with Crippen LogP contribution in [-0.4, -0.2) is 46.1 Å². The number of amides is 2. The molecule has 6 nitrogen and oxygen atoms in total. The zero-order valence-electron chi connectivity index (χ0n) is 18.3. The highest BCUT2D eigenvalue weighted by Gasteiger charge is 2.29. The van der Waals surface area contributed by atoms with E-state index < -0.39 is 0 Å². The maximum atomic E-state index is 13.1. The van der Waals surface area contributed by atoms with E-state index in [0.717, 1.165) is 53.0 Å². The van der Waals surface area contributed by atoms with Crippen LogP contribution in [0.15, 0.2) is 36.4 Å². The first-order chi connectivity index (χ1) is 15.1. The number of benzene rings is 1. The number of hydrogen-bond donors (Lipinski definition) is 1. The zero-order chi connectivity index (χ0) is 21.8. The minimum absolute atomic E-state index is 0.0185. The van der Waals surface area contributed by atoms with Crippen molar-refractivity contribution in [3.05, 3.63) is 52.5 Å². The number of nitrogens with zero attached hydrogens (tertiary/aromatic N) is 3. The maximum absolute atomic E-state index is 13.1. The van der Waals surface area contributed by atoms with E-state index in [0.29, 0.717) is 19.6 Å². The topological polar surface area (TPSA) is 67.2 Å². The van der Waals surface area contributed by atoms with Gasteiger partial charge in [0.05, 0.1) is 17.1 Å². The van der Waals surface area contributed by atoms with Gasteiger partial charge in [-0.1, -0.05) is 43.7 Å². The summed E-state index contributed by atoms with van der Waals surface area (Å²) < 4.78 is 1.99. The van der Waals surface area contributed by atoms with Gasteiger partial charge in [-0.25, -0.2) is 0 Å². The Bertz CT molecular complexity index is 1050. The molecule has 1 aromatic carbocycles. The van der Waals surface area contributed by atoms with E-state index in [4.69, 9.17) is 0 Å². The van der Waals surface area contributed by atoms with Crippen molar-refractivity contribution >= 4 is 33.4 Å². The number of aryl methyl sites for hydroxylation is 1. The zero-order valence-corrected chi connectivity index (χ0v) is 19.1. The Morgan fingerprint density at radius 3 is 2.65 bits per heavy atom. The van der Waals surface area contributed by atoms with Gasteiger partial charge in [0.25, 0.3) is 5.91 Å². The van der Waals surface area contributed by atoms with E-state index in [-0.39, 0.29) is 17.7 Å². The van der Waals surface area contributed by atoms with Crippen molar-refractivity contribution in [1.82, 2.24) is 20.0 Å². The molecule has 0 radical (unpaired) electrons. The molecular formula is C24H30N4O2S. The second-order valence-corrected chi connectivity index (χ2v) is 9.30. The minimum Gasteiger partial charge on any atom is -0.356 e. The molecule has 7 heteroatoms. The van der Waals surface area contributed by atoms with Crippen molar-refractivity contribution in [3.8, 4) is 0 Å². The van der Waals surface area contributed by atoms with Gasteiger partial charge in [0.15, 0.2) is 0 Å². The summed E-state index contributed by atoms with van der Waals surface area (Å²) in [5.74, 6) is 0.223. The summed E-state index contributed by atoms with van der Waals surface area (Å²) in [6.07, 6.45) is 3.55. The molecule has 1 saturated heterocycles. The molecule has 0 atom stereocenters. The van der Waals surface area contributed by atoms with Gasteiger partial charge in [0.1, 0.15) is 4.83 Å². The van der Waals surface area contributed by atoms with Crippen LogP contribution in [-0.2, 0) is 11.3 Å². The molecule has 164 valence electrons. The molecule has 1 N–H and O–H groups in total. The van der Waals surface area contributed by atoms with E-state index in [1.807, 2.05) is 40.8 Å². The Kier molecular flexibility index (Phi) is 6.70. The van der Waals surface area contributed by atoms with E-state index in [9.17, 15) is 9.59 Å². The Morgan fingerprint density at radius 1 is 1.19 bits per heavy atom. The van der Waals surface area contributed by atoms with Crippen molar-refractivity contribution in [2.24, 2.45) is 5.92 Å². The molecule has 2 amide bonds. The largest absolute Gasteiger partial charge is 0.356 e. The number of hydrogen-bond acceptors (Lipinski definition) is 4. The van der Waals surface area contributed by atoms with Crippen molar-refractivity contribution < 1.29 is 9.59 Å². The molecule has 1 aliphatic heterocycles. The maximum Gasteiger partial charge on any atom is 0.264 e. The van der Waals surface area contributed by atoms with Gasteiger partial charge in [-0.15, -0.1) is 11.3 Å². The first-order valence-electron chi connectivity index (χ1n) is 11.1. The Labute approximate surface area is 187 Å². The fourth-order valence-corrected chi connectivity index (χ4v) is 5.24. The number of thiophene rings is 1. The Balaban J connectivity index is 1.42. The van der Waals surface area contributed by atoms with Gasteiger partial charge >= 0.3 is 0 Å². The van der Waals surface area contributed by atoms with Crippen LogP contribution in [0.2, 0.25) is 0 Å². The van der Waals surface area contributed by atoms with Crippen LogP contribution in [0.5, 0.6) is 0 Å². The molecule has 4 rings (SSSR count). The van der Waals surface area contributed by atoms with Gasteiger partial charge in [-0.05, 0) is 37.8 Å². The number of likely N-dealkylation sites (tertiary alicyclic amines) is 1. The SMILES string of the molecule is CCCCNC(=O)C1CCN(C(=O)c2cc3c(C)nn(Cc4ccccc4)c3s2)CC1. The summed E-state index contributed by atoms with van der Waals surface area (Å²) in [6.45, 7) is 6.81. The quantitative estimate of drug-likeness (QED) is 0.562. The highest BCUT2D eigenvalue weighted by molar-refractivity contribution is 7.20. The predicted octanol–water partition coefficient (Wildman–Crippen LogP) is 4.22. The van der Waals surface area contributed by atoms with E-state index >= 15 is 0 Å². The monoisotopic (exact) mass is 438 g/mol. The molecular weight excluding hydrogens is 408 g/mol. The van der Waals surface area contributed by atoms with Crippen LogP contribution in [0.1, 0.15) is 53.5 Å². The van der Waals surface area contributed by atoms with Gasteiger partial charge in [-0.2, -0.15) is 5.10 Å². The summed E-state index contributed by atoms with van der Waals surface area (Å²) in [7, 11) is 0. The molecule has 31 heavy (non-hydrogen) atoms. The summed E-state index contributed by atoms with van der Waals surface area (Å²) in [5, 5.41) is 8.75. The molecule has 3 aromatic rings. The number of carbonyl (C=O) groups excluding carboxylic acids is 2. The Hall–Kier alpha value is -2.67. The van der Waals surface area contributed by atoms with Crippen molar-refractivity contribution in [2.45, 2.75) is 46.1 Å². The van der Waals surface area contributed by atoms with Crippen molar-refractivity contribution in [3.63, 3.8) is 0 Å². The minimum atomic E-state index is 0.0185. The fraction of sp³-hybridized carbons (Fsp3) is 0.458. The lowest BCUT2D eigenvalue weighted by atomic mass is 9.95. The number of nitrogens with one attached hydrogen (secondary N) is 1. The van der Waals surface area contributed by atoms with Crippen LogP contribution in [0.4, 0.5) is 0 Å². The number of piperidine rings is 1. The molecule has 1 aliphatic rings. The summed E-state index contributed by atoms with van der Waals surface area (Å²) in [5.41, 5.74) is 2.14. The first kappa shape index (κ1) is 21.6. The second kappa shape index (κ2) is 9.64. The van der Waals surface area contributed by atoms with E-state index in [1.54, 1.807) is 0 Å². The molecule has 1 fully saturated rings. The van der Waals surface area contributed by atoms with Crippen LogP contribution in [0, 0.1) is 12.8 Å². The summed E-state index contributed by atoms with van der Waals surface area (Å²) >= 11 is 1.52.